The highest BCUT2D eigenvalue weighted by atomic mass is 19.1. The van der Waals surface area contributed by atoms with E-state index < -0.39 is 22.3 Å². The summed E-state index contributed by atoms with van der Waals surface area (Å²) in [5.41, 5.74) is 0.822. The number of hydrogen-bond acceptors (Lipinski definition) is 6. The quantitative estimate of drug-likeness (QED) is 0.354. The molecule has 4 rings (SSSR count). The van der Waals surface area contributed by atoms with Gasteiger partial charge in [-0.3, -0.25) is 24.9 Å². The van der Waals surface area contributed by atoms with Crippen LogP contribution in [0.3, 0.4) is 0 Å². The molecular formula is C23H24FN5O4. The van der Waals surface area contributed by atoms with E-state index in [-0.39, 0.29) is 29.6 Å². The predicted octanol–water partition coefficient (Wildman–Crippen LogP) is 3.45. The average Bonchev–Trinajstić information content (AvgIpc) is 3.12. The molecule has 3 aromatic rings. The van der Waals surface area contributed by atoms with Crippen LogP contribution in [0.25, 0.3) is 0 Å². The summed E-state index contributed by atoms with van der Waals surface area (Å²) in [6.45, 7) is 2.17. The molecule has 0 saturated carbocycles. The van der Waals surface area contributed by atoms with Gasteiger partial charge in [0.2, 0.25) is 0 Å². The van der Waals surface area contributed by atoms with Crippen LogP contribution < -0.4 is 21.5 Å². The van der Waals surface area contributed by atoms with Crippen LogP contribution in [-0.4, -0.2) is 21.1 Å². The van der Waals surface area contributed by atoms with Gasteiger partial charge in [0.15, 0.2) is 0 Å². The first-order valence-corrected chi connectivity index (χ1v) is 10.8. The molecule has 0 aliphatic carbocycles. The molecule has 0 radical (unpaired) electrons. The molecule has 0 spiro atoms. The van der Waals surface area contributed by atoms with E-state index in [9.17, 15) is 19.7 Å². The maximum Gasteiger partial charge on any atom is 0.327 e. The molecular weight excluding hydrogens is 429 g/mol. The molecule has 10 heteroatoms. The minimum absolute atomic E-state index is 0.0231. The zero-order valence-electron chi connectivity index (χ0n) is 18.1. The van der Waals surface area contributed by atoms with Crippen molar-refractivity contribution in [3.8, 4) is 0 Å². The normalized spacial score (nSPS) is 14.7. The lowest BCUT2D eigenvalue weighted by molar-refractivity contribution is -0.384. The second-order valence-electron chi connectivity index (χ2n) is 8.04. The Morgan fingerprint density at radius 2 is 1.82 bits per heavy atom. The number of benzene rings is 2. The maximum absolute atomic E-state index is 15.2. The molecule has 1 unspecified atom stereocenters. The molecule has 0 fully saturated rings. The summed E-state index contributed by atoms with van der Waals surface area (Å²) in [6, 6.07) is 11.4. The number of nitro benzene ring substituents is 1. The molecule has 1 aliphatic rings. The van der Waals surface area contributed by atoms with Crippen molar-refractivity contribution in [3.63, 3.8) is 0 Å². The molecule has 1 aromatic heterocycles. The largest absolute Gasteiger partial charge is 0.357 e. The van der Waals surface area contributed by atoms with E-state index in [1.165, 1.54) is 12.1 Å². The van der Waals surface area contributed by atoms with Gasteiger partial charge in [-0.15, -0.1) is 0 Å². The van der Waals surface area contributed by atoms with Crippen molar-refractivity contribution in [2.75, 3.05) is 10.2 Å². The molecule has 33 heavy (non-hydrogen) atoms. The molecule has 0 amide bonds. The Kier molecular flexibility index (Phi) is 6.25. The fourth-order valence-corrected chi connectivity index (χ4v) is 4.05. The summed E-state index contributed by atoms with van der Waals surface area (Å²) in [7, 11) is 0. The van der Waals surface area contributed by atoms with Gasteiger partial charge in [-0.2, -0.15) is 0 Å². The molecule has 2 aromatic carbocycles. The number of aromatic nitrogens is 2. The van der Waals surface area contributed by atoms with Crippen LogP contribution in [0, 0.1) is 15.9 Å². The average molecular weight is 453 g/mol. The van der Waals surface area contributed by atoms with E-state index in [4.69, 9.17) is 0 Å². The molecule has 2 heterocycles. The Hall–Kier alpha value is -3.95. The number of fused-ring (bicyclic) bond motifs is 1. The third-order valence-corrected chi connectivity index (χ3v) is 5.77. The van der Waals surface area contributed by atoms with Crippen LogP contribution in [0.1, 0.15) is 36.5 Å². The number of non-ortho nitro benzene ring substituents is 1. The number of aryl methyl sites for hydroxylation is 1. The maximum atomic E-state index is 15.2. The van der Waals surface area contributed by atoms with E-state index >= 15 is 4.39 Å². The van der Waals surface area contributed by atoms with Gasteiger partial charge in [0.25, 0.3) is 11.2 Å². The van der Waals surface area contributed by atoms with Crippen molar-refractivity contribution in [1.82, 2.24) is 9.97 Å². The highest BCUT2D eigenvalue weighted by molar-refractivity contribution is 5.71. The number of nitrogens with zero attached hydrogens (tertiary/aromatic N) is 2. The summed E-state index contributed by atoms with van der Waals surface area (Å²) in [6.07, 6.45) is 2.35. The minimum Gasteiger partial charge on any atom is -0.357 e. The van der Waals surface area contributed by atoms with E-state index in [2.05, 4.69) is 15.3 Å². The lowest BCUT2D eigenvalue weighted by atomic mass is 10.0. The number of rotatable bonds is 8. The highest BCUT2D eigenvalue weighted by Crippen LogP contribution is 2.32. The second kappa shape index (κ2) is 9.27. The summed E-state index contributed by atoms with van der Waals surface area (Å²) < 4.78 is 15.2. The van der Waals surface area contributed by atoms with Crippen molar-refractivity contribution in [2.45, 2.75) is 45.3 Å². The van der Waals surface area contributed by atoms with Crippen LogP contribution >= 0.6 is 0 Å². The standard InChI is InChI=1S/C23H24FN5O4/c1-2-3-5-15-6-4-7-16(19(15)24)13-28-18(12-14-8-10-17(11-9-14)29(32)33)25-20-21(28)26-23(31)27-22(20)30/h4,6-11,18,25H,2-3,5,12-13H2,1H3,(H2,26,27,30,31). The van der Waals surface area contributed by atoms with Gasteiger partial charge < -0.3 is 10.2 Å². The van der Waals surface area contributed by atoms with Gasteiger partial charge >= 0.3 is 5.69 Å². The molecule has 0 saturated heterocycles. The lowest BCUT2D eigenvalue weighted by Gasteiger charge is -2.27. The molecule has 3 N–H and O–H groups in total. The smallest absolute Gasteiger partial charge is 0.327 e. The van der Waals surface area contributed by atoms with Crippen LogP contribution in [0.4, 0.5) is 21.6 Å². The van der Waals surface area contributed by atoms with E-state index in [1.807, 2.05) is 6.92 Å². The van der Waals surface area contributed by atoms with Gasteiger partial charge in [0.1, 0.15) is 23.5 Å². The summed E-state index contributed by atoms with van der Waals surface area (Å²) in [4.78, 5) is 41.4. The Balaban J connectivity index is 1.67. The minimum atomic E-state index is -0.654. The van der Waals surface area contributed by atoms with Crippen molar-refractivity contribution in [2.24, 2.45) is 0 Å². The first kappa shape index (κ1) is 22.3. The molecule has 0 bridgehead atoms. The summed E-state index contributed by atoms with van der Waals surface area (Å²) in [5, 5.41) is 14.0. The summed E-state index contributed by atoms with van der Waals surface area (Å²) >= 11 is 0. The Morgan fingerprint density at radius 1 is 1.09 bits per heavy atom. The third-order valence-electron chi connectivity index (χ3n) is 5.77. The van der Waals surface area contributed by atoms with Crippen LogP contribution in [0.15, 0.2) is 52.1 Å². The van der Waals surface area contributed by atoms with Gasteiger partial charge in [-0.1, -0.05) is 43.7 Å². The Morgan fingerprint density at radius 3 is 2.52 bits per heavy atom. The van der Waals surface area contributed by atoms with Gasteiger partial charge in [0, 0.05) is 30.7 Å². The van der Waals surface area contributed by atoms with Crippen molar-refractivity contribution in [3.05, 3.63) is 95.9 Å². The molecule has 1 aliphatic heterocycles. The molecule has 172 valence electrons. The highest BCUT2D eigenvalue weighted by Gasteiger charge is 2.33. The number of unbranched alkanes of at least 4 members (excludes halogenated alkanes) is 1. The molecule has 9 nitrogen and oxygen atoms in total. The number of hydrogen-bond donors (Lipinski definition) is 3. The zero-order valence-corrected chi connectivity index (χ0v) is 18.1. The van der Waals surface area contributed by atoms with Gasteiger partial charge in [0.05, 0.1) is 4.92 Å². The fraction of sp³-hybridized carbons (Fsp3) is 0.304. The predicted molar refractivity (Wildman–Crippen MR) is 123 cm³/mol. The van der Waals surface area contributed by atoms with Gasteiger partial charge in [-0.05, 0) is 24.0 Å². The zero-order chi connectivity index (χ0) is 23.5. The van der Waals surface area contributed by atoms with Crippen LogP contribution in [-0.2, 0) is 19.4 Å². The number of H-pyrrole nitrogens is 2. The van der Waals surface area contributed by atoms with Crippen LogP contribution in [0.2, 0.25) is 0 Å². The number of nitro groups is 1. The number of anilines is 2. The van der Waals surface area contributed by atoms with E-state index in [1.54, 1.807) is 35.2 Å². The number of aromatic amines is 2. The molecule has 1 atom stereocenters. The Labute approximate surface area is 188 Å². The SMILES string of the molecule is CCCCc1cccc(CN2c3[nH]c(=O)[nH]c(=O)c3NC2Cc2ccc([N+](=O)[O-])cc2)c1F. The summed E-state index contributed by atoms with van der Waals surface area (Å²) in [5.74, 6) is -0.00491. The van der Waals surface area contributed by atoms with Crippen LogP contribution in [0.5, 0.6) is 0 Å². The van der Waals surface area contributed by atoms with Crippen molar-refractivity contribution >= 4 is 17.2 Å². The second-order valence-corrected chi connectivity index (χ2v) is 8.04. The van der Waals surface area contributed by atoms with E-state index in [0.717, 1.165) is 18.4 Å². The van der Waals surface area contributed by atoms with Crippen molar-refractivity contribution < 1.29 is 9.31 Å². The number of halogens is 1. The first-order chi connectivity index (χ1) is 15.9. The van der Waals surface area contributed by atoms with Crippen molar-refractivity contribution in [1.29, 1.82) is 0 Å². The number of nitrogens with one attached hydrogen (secondary N) is 3. The topological polar surface area (TPSA) is 124 Å². The third kappa shape index (κ3) is 4.64. The Bertz CT molecular complexity index is 1290. The fourth-order valence-electron chi connectivity index (χ4n) is 4.05. The lowest BCUT2D eigenvalue weighted by Crippen LogP contribution is -2.38. The first-order valence-electron chi connectivity index (χ1n) is 10.8. The van der Waals surface area contributed by atoms with E-state index in [0.29, 0.717) is 24.0 Å². The monoisotopic (exact) mass is 453 g/mol. The van der Waals surface area contributed by atoms with Gasteiger partial charge in [-0.25, -0.2) is 9.18 Å².